The summed E-state index contributed by atoms with van der Waals surface area (Å²) in [6.07, 6.45) is 0.913. The normalized spacial score (nSPS) is 10.4. The van der Waals surface area contributed by atoms with E-state index in [0.29, 0.717) is 11.5 Å². The summed E-state index contributed by atoms with van der Waals surface area (Å²) < 4.78 is 0. The first-order chi connectivity index (χ1) is 9.08. The fourth-order valence-corrected chi connectivity index (χ4v) is 1.93. The van der Waals surface area contributed by atoms with Crippen molar-refractivity contribution in [3.63, 3.8) is 0 Å². The van der Waals surface area contributed by atoms with Crippen LogP contribution in [0.4, 0.5) is 0 Å². The van der Waals surface area contributed by atoms with E-state index in [9.17, 15) is 4.79 Å². The first kappa shape index (κ1) is 13.2. The highest BCUT2D eigenvalue weighted by atomic mass is 16.4. The lowest BCUT2D eigenvalue weighted by atomic mass is 10.1. The maximum atomic E-state index is 10.8. The van der Waals surface area contributed by atoms with Crippen LogP contribution < -0.4 is 0 Å². The number of rotatable bonds is 4. The van der Waals surface area contributed by atoms with Gasteiger partial charge in [-0.25, -0.2) is 9.97 Å². The summed E-state index contributed by atoms with van der Waals surface area (Å²) in [4.78, 5) is 19.3. The molecule has 4 heteroatoms. The Kier molecular flexibility index (Phi) is 3.90. The van der Waals surface area contributed by atoms with Crippen LogP contribution in [0.25, 0.3) is 11.3 Å². The number of carboxylic acid groups (broad SMARTS) is 1. The summed E-state index contributed by atoms with van der Waals surface area (Å²) in [6, 6.07) is 9.87. The molecule has 1 aromatic carbocycles. The van der Waals surface area contributed by atoms with Crippen molar-refractivity contribution in [3.05, 3.63) is 47.4 Å². The number of hydrogen-bond acceptors (Lipinski definition) is 3. The monoisotopic (exact) mass is 256 g/mol. The van der Waals surface area contributed by atoms with Gasteiger partial charge in [0.25, 0.3) is 0 Å². The Morgan fingerprint density at radius 2 is 1.89 bits per heavy atom. The highest BCUT2D eigenvalue weighted by molar-refractivity contribution is 5.70. The average molecular weight is 256 g/mol. The molecular formula is C15H16N2O2. The minimum absolute atomic E-state index is 0.0800. The van der Waals surface area contributed by atoms with Crippen LogP contribution in [0.2, 0.25) is 0 Å². The highest BCUT2D eigenvalue weighted by Gasteiger charge is 2.07. The molecule has 98 valence electrons. The van der Waals surface area contributed by atoms with Crippen LogP contribution in [0.5, 0.6) is 0 Å². The quantitative estimate of drug-likeness (QED) is 0.913. The summed E-state index contributed by atoms with van der Waals surface area (Å²) >= 11 is 0. The Bertz CT molecular complexity index is 592. The zero-order valence-electron chi connectivity index (χ0n) is 11.1. The van der Waals surface area contributed by atoms with Gasteiger partial charge in [0, 0.05) is 5.56 Å². The van der Waals surface area contributed by atoms with E-state index in [1.165, 1.54) is 5.56 Å². The van der Waals surface area contributed by atoms with E-state index in [1.807, 2.05) is 12.1 Å². The van der Waals surface area contributed by atoms with Gasteiger partial charge >= 0.3 is 5.97 Å². The topological polar surface area (TPSA) is 63.1 Å². The van der Waals surface area contributed by atoms with Crippen molar-refractivity contribution in [1.82, 2.24) is 9.97 Å². The van der Waals surface area contributed by atoms with Crippen LogP contribution in [0.1, 0.15) is 24.0 Å². The molecule has 0 saturated carbocycles. The van der Waals surface area contributed by atoms with Crippen LogP contribution >= 0.6 is 0 Å². The van der Waals surface area contributed by atoms with E-state index in [-0.39, 0.29) is 6.42 Å². The van der Waals surface area contributed by atoms with Crippen molar-refractivity contribution in [1.29, 1.82) is 0 Å². The largest absolute Gasteiger partial charge is 0.481 e. The van der Waals surface area contributed by atoms with Crippen LogP contribution in [0.15, 0.2) is 30.3 Å². The second-order valence-electron chi connectivity index (χ2n) is 4.41. The number of aliphatic carboxylic acids is 1. The molecule has 1 aromatic heterocycles. The van der Waals surface area contributed by atoms with Crippen LogP contribution in [-0.2, 0) is 17.6 Å². The molecule has 1 N–H and O–H groups in total. The predicted molar refractivity (Wildman–Crippen MR) is 72.9 cm³/mol. The van der Waals surface area contributed by atoms with Crippen molar-refractivity contribution in [2.75, 3.05) is 0 Å². The minimum atomic E-state index is -0.884. The van der Waals surface area contributed by atoms with Crippen molar-refractivity contribution in [3.8, 4) is 11.3 Å². The Labute approximate surface area is 112 Å². The van der Waals surface area contributed by atoms with Crippen molar-refractivity contribution in [2.45, 2.75) is 26.7 Å². The van der Waals surface area contributed by atoms with Gasteiger partial charge in [-0.05, 0) is 25.0 Å². The molecule has 2 rings (SSSR count). The third kappa shape index (κ3) is 3.37. The molecule has 0 fully saturated rings. The Morgan fingerprint density at radius 1 is 1.21 bits per heavy atom. The minimum Gasteiger partial charge on any atom is -0.481 e. The van der Waals surface area contributed by atoms with Gasteiger partial charge in [0.05, 0.1) is 17.8 Å². The lowest BCUT2D eigenvalue weighted by Crippen LogP contribution is -2.05. The lowest BCUT2D eigenvalue weighted by molar-refractivity contribution is -0.136. The van der Waals surface area contributed by atoms with Crippen molar-refractivity contribution in [2.24, 2.45) is 0 Å². The standard InChI is InChI=1S/C15H16N2O2/c1-3-11-4-6-12(7-5-11)14-8-13(9-15(18)19)16-10(2)17-14/h4-8H,3,9H2,1-2H3,(H,18,19). The Hall–Kier alpha value is -2.23. The summed E-state index contributed by atoms with van der Waals surface area (Å²) in [5.41, 5.74) is 3.55. The number of benzene rings is 1. The SMILES string of the molecule is CCc1ccc(-c2cc(CC(=O)O)nc(C)n2)cc1. The summed E-state index contributed by atoms with van der Waals surface area (Å²) in [5, 5.41) is 8.83. The molecule has 0 aliphatic rings. The molecule has 4 nitrogen and oxygen atoms in total. The van der Waals surface area contributed by atoms with Crippen LogP contribution in [0, 0.1) is 6.92 Å². The predicted octanol–water partition coefficient (Wildman–Crippen LogP) is 2.64. The maximum Gasteiger partial charge on any atom is 0.309 e. The second-order valence-corrected chi connectivity index (χ2v) is 4.41. The number of aromatic nitrogens is 2. The van der Waals surface area contributed by atoms with Gasteiger partial charge in [0.2, 0.25) is 0 Å². The van der Waals surface area contributed by atoms with E-state index in [0.717, 1.165) is 17.7 Å². The number of hydrogen-bond donors (Lipinski definition) is 1. The summed E-state index contributed by atoms with van der Waals surface area (Å²) in [7, 11) is 0. The summed E-state index contributed by atoms with van der Waals surface area (Å²) in [5.74, 6) is -0.293. The maximum absolute atomic E-state index is 10.8. The second kappa shape index (κ2) is 5.61. The molecule has 0 atom stereocenters. The van der Waals surface area contributed by atoms with Gasteiger partial charge in [0.1, 0.15) is 5.82 Å². The molecule has 0 aliphatic carbocycles. The van der Waals surface area contributed by atoms with Gasteiger partial charge in [0.15, 0.2) is 0 Å². The molecule has 0 bridgehead atoms. The first-order valence-electron chi connectivity index (χ1n) is 6.24. The smallest absolute Gasteiger partial charge is 0.309 e. The number of carbonyl (C=O) groups is 1. The summed E-state index contributed by atoms with van der Waals surface area (Å²) in [6.45, 7) is 3.88. The zero-order valence-corrected chi connectivity index (χ0v) is 11.1. The molecule has 0 saturated heterocycles. The molecule has 0 amide bonds. The van der Waals surface area contributed by atoms with Crippen LogP contribution in [-0.4, -0.2) is 21.0 Å². The zero-order chi connectivity index (χ0) is 13.8. The third-order valence-corrected chi connectivity index (χ3v) is 2.88. The number of carboxylic acids is 1. The van der Waals surface area contributed by atoms with Gasteiger partial charge < -0.3 is 5.11 Å². The molecular weight excluding hydrogens is 240 g/mol. The molecule has 0 radical (unpaired) electrons. The number of nitrogens with zero attached hydrogens (tertiary/aromatic N) is 2. The van der Waals surface area contributed by atoms with E-state index in [1.54, 1.807) is 13.0 Å². The van der Waals surface area contributed by atoms with E-state index >= 15 is 0 Å². The third-order valence-electron chi connectivity index (χ3n) is 2.88. The molecule has 2 aromatic rings. The number of aryl methyl sites for hydroxylation is 2. The van der Waals surface area contributed by atoms with Crippen molar-refractivity contribution >= 4 is 5.97 Å². The van der Waals surface area contributed by atoms with E-state index in [4.69, 9.17) is 5.11 Å². The first-order valence-corrected chi connectivity index (χ1v) is 6.24. The van der Waals surface area contributed by atoms with Gasteiger partial charge in [-0.15, -0.1) is 0 Å². The molecule has 0 aliphatic heterocycles. The lowest BCUT2D eigenvalue weighted by Gasteiger charge is -2.06. The fourth-order valence-electron chi connectivity index (χ4n) is 1.93. The molecule has 1 heterocycles. The highest BCUT2D eigenvalue weighted by Crippen LogP contribution is 2.19. The average Bonchev–Trinajstić information content (AvgIpc) is 2.37. The Morgan fingerprint density at radius 3 is 2.47 bits per heavy atom. The van der Waals surface area contributed by atoms with Gasteiger partial charge in [-0.3, -0.25) is 4.79 Å². The van der Waals surface area contributed by atoms with E-state index in [2.05, 4.69) is 29.0 Å². The fraction of sp³-hybridized carbons (Fsp3) is 0.267. The Balaban J connectivity index is 2.37. The molecule has 0 spiro atoms. The molecule has 0 unspecified atom stereocenters. The molecule has 19 heavy (non-hydrogen) atoms. The van der Waals surface area contributed by atoms with Crippen molar-refractivity contribution < 1.29 is 9.90 Å². The van der Waals surface area contributed by atoms with Crippen LogP contribution in [0.3, 0.4) is 0 Å². The van der Waals surface area contributed by atoms with Gasteiger partial charge in [-0.1, -0.05) is 31.2 Å². The van der Waals surface area contributed by atoms with Gasteiger partial charge in [-0.2, -0.15) is 0 Å². The van der Waals surface area contributed by atoms with E-state index < -0.39 is 5.97 Å².